The van der Waals surface area contributed by atoms with E-state index in [1.54, 1.807) is 23.9 Å². The molecular weight excluding hydrogens is 233 g/mol. The Morgan fingerprint density at radius 2 is 2.11 bits per heavy atom. The minimum atomic E-state index is -0.313. The minimum Gasteiger partial charge on any atom is -0.496 e. The number of hydrogen-bond acceptors (Lipinski definition) is 3. The fraction of sp³-hybridized carbons (Fsp3) is 0.0769. The van der Waals surface area contributed by atoms with E-state index in [2.05, 4.69) is 10.1 Å². The highest BCUT2D eigenvalue weighted by Crippen LogP contribution is 2.32. The van der Waals surface area contributed by atoms with Crippen LogP contribution < -0.4 is 4.74 Å². The summed E-state index contributed by atoms with van der Waals surface area (Å²) in [6.07, 6.45) is 3.25. The molecule has 3 aromatic rings. The maximum Gasteiger partial charge on any atom is 0.163 e. The first kappa shape index (κ1) is 10.7. The molecule has 0 spiro atoms. The van der Waals surface area contributed by atoms with Crippen LogP contribution in [0.4, 0.5) is 4.39 Å². The van der Waals surface area contributed by atoms with Crippen molar-refractivity contribution in [3.63, 3.8) is 0 Å². The summed E-state index contributed by atoms with van der Waals surface area (Å²) in [6.45, 7) is 0. The van der Waals surface area contributed by atoms with Crippen molar-refractivity contribution in [2.75, 3.05) is 7.11 Å². The summed E-state index contributed by atoms with van der Waals surface area (Å²) in [5, 5.41) is 4.05. The van der Waals surface area contributed by atoms with Crippen LogP contribution >= 0.6 is 0 Å². The lowest BCUT2D eigenvalue weighted by molar-refractivity contribution is 0.415. The molecule has 4 nitrogen and oxygen atoms in total. The molecule has 0 aliphatic heterocycles. The predicted molar refractivity (Wildman–Crippen MR) is 64.9 cm³/mol. The average Bonchev–Trinajstić information content (AvgIpc) is 2.86. The quantitative estimate of drug-likeness (QED) is 0.694. The zero-order valence-corrected chi connectivity index (χ0v) is 9.67. The Morgan fingerprint density at radius 1 is 1.22 bits per heavy atom. The largest absolute Gasteiger partial charge is 0.496 e. The van der Waals surface area contributed by atoms with Gasteiger partial charge in [0.05, 0.1) is 7.11 Å². The molecule has 0 saturated heterocycles. The maximum atomic E-state index is 13.4. The predicted octanol–water partition coefficient (Wildman–Crippen LogP) is 2.54. The lowest BCUT2D eigenvalue weighted by Crippen LogP contribution is -1.93. The summed E-state index contributed by atoms with van der Waals surface area (Å²) in [4.78, 5) is 4.17. The van der Waals surface area contributed by atoms with Gasteiger partial charge in [-0.3, -0.25) is 0 Å². The van der Waals surface area contributed by atoms with Crippen LogP contribution in [0.5, 0.6) is 5.75 Å². The maximum absolute atomic E-state index is 13.4. The summed E-state index contributed by atoms with van der Waals surface area (Å²) in [5.41, 5.74) is 2.11. The van der Waals surface area contributed by atoms with Crippen LogP contribution in [0.1, 0.15) is 0 Å². The number of hydrogen-bond donors (Lipinski definition) is 0. The van der Waals surface area contributed by atoms with Crippen LogP contribution in [0.2, 0.25) is 0 Å². The van der Waals surface area contributed by atoms with Gasteiger partial charge in [-0.2, -0.15) is 5.10 Å². The number of ether oxygens (including phenoxy) is 1. The van der Waals surface area contributed by atoms with Gasteiger partial charge in [0.25, 0.3) is 0 Å². The van der Waals surface area contributed by atoms with E-state index in [1.165, 1.54) is 18.5 Å². The van der Waals surface area contributed by atoms with Crippen LogP contribution in [-0.4, -0.2) is 21.7 Å². The molecule has 0 bridgehead atoms. The van der Waals surface area contributed by atoms with Crippen molar-refractivity contribution in [3.05, 3.63) is 48.7 Å². The number of methoxy groups -OCH3 is 1. The van der Waals surface area contributed by atoms with Gasteiger partial charge in [-0.15, -0.1) is 0 Å². The van der Waals surface area contributed by atoms with Crippen molar-refractivity contribution in [2.45, 2.75) is 0 Å². The first-order valence-electron chi connectivity index (χ1n) is 5.42. The molecule has 0 aliphatic rings. The van der Waals surface area contributed by atoms with Gasteiger partial charge in [-0.25, -0.2) is 13.9 Å². The molecule has 0 unspecified atom stereocenters. The molecule has 0 atom stereocenters. The molecule has 0 saturated carbocycles. The first-order valence-corrected chi connectivity index (χ1v) is 5.42. The standard InChI is InChI=1S/C13H10FN3O/c1-18-12-5-4-9(14)7-11(12)10-3-2-6-17-13(10)15-8-16-17/h2-8H,1H3. The third kappa shape index (κ3) is 1.60. The van der Waals surface area contributed by atoms with E-state index in [4.69, 9.17) is 4.74 Å². The van der Waals surface area contributed by atoms with Crippen molar-refractivity contribution >= 4 is 5.65 Å². The highest BCUT2D eigenvalue weighted by Gasteiger charge is 2.11. The smallest absolute Gasteiger partial charge is 0.163 e. The van der Waals surface area contributed by atoms with Crippen LogP contribution in [0, 0.1) is 5.82 Å². The topological polar surface area (TPSA) is 39.4 Å². The molecule has 0 fully saturated rings. The Hall–Kier alpha value is -2.43. The molecular formula is C13H10FN3O. The van der Waals surface area contributed by atoms with Crippen LogP contribution in [-0.2, 0) is 0 Å². The monoisotopic (exact) mass is 243 g/mol. The molecule has 90 valence electrons. The molecule has 2 aromatic heterocycles. The van der Waals surface area contributed by atoms with Gasteiger partial charge >= 0.3 is 0 Å². The van der Waals surface area contributed by atoms with E-state index < -0.39 is 0 Å². The molecule has 0 N–H and O–H groups in total. The number of pyridine rings is 1. The summed E-state index contributed by atoms with van der Waals surface area (Å²) in [6, 6.07) is 8.10. The highest BCUT2D eigenvalue weighted by molar-refractivity contribution is 5.81. The van der Waals surface area contributed by atoms with E-state index >= 15 is 0 Å². The van der Waals surface area contributed by atoms with E-state index in [9.17, 15) is 4.39 Å². The van der Waals surface area contributed by atoms with Crippen molar-refractivity contribution in [1.82, 2.24) is 14.6 Å². The number of halogens is 1. The SMILES string of the molecule is COc1ccc(F)cc1-c1cccn2ncnc12. The average molecular weight is 243 g/mol. The molecule has 5 heteroatoms. The Morgan fingerprint density at radius 3 is 2.94 bits per heavy atom. The number of fused-ring (bicyclic) bond motifs is 1. The fourth-order valence-electron chi connectivity index (χ4n) is 1.95. The van der Waals surface area contributed by atoms with Crippen molar-refractivity contribution < 1.29 is 9.13 Å². The van der Waals surface area contributed by atoms with Gasteiger partial charge in [0.1, 0.15) is 17.9 Å². The second kappa shape index (κ2) is 4.10. The summed E-state index contributed by atoms with van der Waals surface area (Å²) in [7, 11) is 1.56. The fourth-order valence-corrected chi connectivity index (χ4v) is 1.95. The third-order valence-electron chi connectivity index (χ3n) is 2.76. The van der Waals surface area contributed by atoms with Crippen LogP contribution in [0.15, 0.2) is 42.9 Å². The number of benzene rings is 1. The van der Waals surface area contributed by atoms with Gasteiger partial charge in [-0.1, -0.05) is 0 Å². The van der Waals surface area contributed by atoms with E-state index in [1.807, 2.05) is 12.1 Å². The summed E-state index contributed by atoms with van der Waals surface area (Å²) >= 11 is 0. The summed E-state index contributed by atoms with van der Waals surface area (Å²) in [5.74, 6) is 0.291. The molecule has 18 heavy (non-hydrogen) atoms. The van der Waals surface area contributed by atoms with Crippen molar-refractivity contribution in [2.24, 2.45) is 0 Å². The zero-order chi connectivity index (χ0) is 12.5. The van der Waals surface area contributed by atoms with Gasteiger partial charge in [0.2, 0.25) is 0 Å². The Labute approximate surface area is 103 Å². The van der Waals surface area contributed by atoms with Gasteiger partial charge < -0.3 is 4.74 Å². The van der Waals surface area contributed by atoms with E-state index in [-0.39, 0.29) is 5.82 Å². The summed E-state index contributed by atoms with van der Waals surface area (Å²) < 4.78 is 20.3. The Bertz CT molecular complexity index is 708. The number of rotatable bonds is 2. The van der Waals surface area contributed by atoms with Gasteiger partial charge in [-0.05, 0) is 30.3 Å². The lowest BCUT2D eigenvalue weighted by atomic mass is 10.1. The number of aromatic nitrogens is 3. The van der Waals surface area contributed by atoms with Crippen molar-refractivity contribution in [1.29, 1.82) is 0 Å². The minimum absolute atomic E-state index is 0.313. The zero-order valence-electron chi connectivity index (χ0n) is 9.67. The van der Waals surface area contributed by atoms with E-state index in [0.29, 0.717) is 17.0 Å². The van der Waals surface area contributed by atoms with Crippen LogP contribution in [0.25, 0.3) is 16.8 Å². The first-order chi connectivity index (χ1) is 8.79. The normalized spacial score (nSPS) is 10.8. The second-order valence-electron chi connectivity index (χ2n) is 3.79. The molecule has 2 heterocycles. The Kier molecular flexibility index (Phi) is 2.44. The van der Waals surface area contributed by atoms with E-state index in [0.717, 1.165) is 5.56 Å². The van der Waals surface area contributed by atoms with Gasteiger partial charge in [0, 0.05) is 17.3 Å². The number of nitrogens with zero attached hydrogens (tertiary/aromatic N) is 3. The van der Waals surface area contributed by atoms with Crippen LogP contribution in [0.3, 0.4) is 0 Å². The van der Waals surface area contributed by atoms with Gasteiger partial charge in [0.15, 0.2) is 5.65 Å². The third-order valence-corrected chi connectivity index (χ3v) is 2.76. The molecule has 1 aromatic carbocycles. The molecule has 0 amide bonds. The lowest BCUT2D eigenvalue weighted by Gasteiger charge is -2.09. The highest BCUT2D eigenvalue weighted by atomic mass is 19.1. The molecule has 0 radical (unpaired) electrons. The second-order valence-corrected chi connectivity index (χ2v) is 3.79. The van der Waals surface area contributed by atoms with Crippen molar-refractivity contribution in [3.8, 4) is 16.9 Å². The Balaban J connectivity index is 2.31. The molecule has 0 aliphatic carbocycles. The molecule has 3 rings (SSSR count).